The van der Waals surface area contributed by atoms with Gasteiger partial charge in [-0.15, -0.1) is 0 Å². The molecule has 2 heterocycles. The highest BCUT2D eigenvalue weighted by molar-refractivity contribution is 5.98. The van der Waals surface area contributed by atoms with E-state index in [4.69, 9.17) is 0 Å². The number of H-pyrrole nitrogens is 2. The van der Waals surface area contributed by atoms with Gasteiger partial charge in [0.1, 0.15) is 11.6 Å². The summed E-state index contributed by atoms with van der Waals surface area (Å²) in [6, 6.07) is 10.4. The average molecular weight is 531 g/mol. The Morgan fingerprint density at radius 3 is 2.08 bits per heavy atom. The van der Waals surface area contributed by atoms with Gasteiger partial charge in [0.2, 0.25) is 0 Å². The lowest BCUT2D eigenvalue weighted by Gasteiger charge is -2.43. The molecule has 7 heteroatoms. The predicted octanol–water partition coefficient (Wildman–Crippen LogP) is 5.86. The maximum absolute atomic E-state index is 13.5. The number of nitrogens with one attached hydrogen (secondary N) is 3. The van der Waals surface area contributed by atoms with E-state index in [1.54, 1.807) is 24.8 Å². The van der Waals surface area contributed by atoms with Gasteiger partial charge in [-0.2, -0.15) is 0 Å². The van der Waals surface area contributed by atoms with E-state index in [0.29, 0.717) is 18.9 Å². The number of aromatic amines is 2. The fourth-order valence-electron chi connectivity index (χ4n) is 6.77. The molecule has 210 valence electrons. The molecule has 0 amide bonds. The first kappa shape index (κ1) is 27.8. The van der Waals surface area contributed by atoms with Crippen LogP contribution in [0.15, 0.2) is 49.1 Å². The van der Waals surface area contributed by atoms with Crippen LogP contribution in [-0.2, 0) is 19.4 Å². The SMILES string of the molecule is CCCN(C1CCCCC1)C1CCC(NCc2ccc(C(=O)C(Cc3ncc[nH]3)Cc3ncc[nH]3)cc2)CC1. The monoisotopic (exact) mass is 530 g/mol. The molecule has 2 saturated carbocycles. The van der Waals surface area contributed by atoms with E-state index in [1.165, 1.54) is 76.3 Å². The Morgan fingerprint density at radius 1 is 0.897 bits per heavy atom. The fourth-order valence-corrected chi connectivity index (χ4v) is 6.77. The third-order valence-corrected chi connectivity index (χ3v) is 8.88. The maximum atomic E-state index is 13.5. The second-order valence-corrected chi connectivity index (χ2v) is 11.7. The maximum Gasteiger partial charge on any atom is 0.166 e. The van der Waals surface area contributed by atoms with Crippen molar-refractivity contribution < 1.29 is 4.79 Å². The smallest absolute Gasteiger partial charge is 0.166 e. The van der Waals surface area contributed by atoms with Crippen molar-refractivity contribution in [3.8, 4) is 0 Å². The van der Waals surface area contributed by atoms with Crippen LogP contribution in [0.2, 0.25) is 0 Å². The topological polar surface area (TPSA) is 89.7 Å². The zero-order valence-electron chi connectivity index (χ0n) is 23.6. The molecular formula is C32H46N6O. The summed E-state index contributed by atoms with van der Waals surface area (Å²) in [5, 5.41) is 3.81. The number of Topliss-reactive ketones (excluding diaryl/α,β-unsaturated/α-hetero) is 1. The Labute approximate surface area is 233 Å². The molecule has 0 radical (unpaired) electrons. The first-order chi connectivity index (χ1) is 19.2. The second-order valence-electron chi connectivity index (χ2n) is 11.7. The molecule has 2 aliphatic rings. The Kier molecular flexibility index (Phi) is 10.00. The first-order valence-electron chi connectivity index (χ1n) is 15.3. The van der Waals surface area contributed by atoms with Gasteiger partial charge in [-0.3, -0.25) is 9.69 Å². The fraction of sp³-hybridized carbons (Fsp3) is 0.594. The van der Waals surface area contributed by atoms with Crippen molar-refractivity contribution >= 4 is 5.78 Å². The molecule has 2 aromatic heterocycles. The van der Waals surface area contributed by atoms with Crippen molar-refractivity contribution in [1.82, 2.24) is 30.2 Å². The van der Waals surface area contributed by atoms with Crippen molar-refractivity contribution in [3.05, 3.63) is 71.8 Å². The number of aromatic nitrogens is 4. The van der Waals surface area contributed by atoms with Crippen LogP contribution in [0.1, 0.15) is 98.7 Å². The van der Waals surface area contributed by atoms with Crippen LogP contribution in [0.5, 0.6) is 0 Å². The third-order valence-electron chi connectivity index (χ3n) is 8.88. The molecule has 0 bridgehead atoms. The summed E-state index contributed by atoms with van der Waals surface area (Å²) in [6.07, 6.45) is 21.7. The molecule has 1 aromatic carbocycles. The number of hydrogen-bond donors (Lipinski definition) is 3. The normalized spacial score (nSPS) is 20.6. The molecule has 3 aromatic rings. The van der Waals surface area contributed by atoms with E-state index in [1.807, 2.05) is 12.1 Å². The van der Waals surface area contributed by atoms with Crippen molar-refractivity contribution in [1.29, 1.82) is 0 Å². The van der Waals surface area contributed by atoms with Crippen molar-refractivity contribution in [2.24, 2.45) is 5.92 Å². The van der Waals surface area contributed by atoms with Gasteiger partial charge in [0.15, 0.2) is 5.78 Å². The minimum Gasteiger partial charge on any atom is -0.349 e. The summed E-state index contributed by atoms with van der Waals surface area (Å²) in [5.74, 6) is 1.57. The number of carbonyl (C=O) groups excluding carboxylic acids is 1. The van der Waals surface area contributed by atoms with Gasteiger partial charge in [-0.05, 0) is 57.1 Å². The number of carbonyl (C=O) groups is 1. The number of nitrogens with zero attached hydrogens (tertiary/aromatic N) is 3. The highest BCUT2D eigenvalue weighted by atomic mass is 16.1. The summed E-state index contributed by atoms with van der Waals surface area (Å²) < 4.78 is 0. The highest BCUT2D eigenvalue weighted by Crippen LogP contribution is 2.30. The van der Waals surface area contributed by atoms with Crippen LogP contribution in [-0.4, -0.2) is 55.3 Å². The Morgan fingerprint density at radius 2 is 1.51 bits per heavy atom. The minimum absolute atomic E-state index is 0.134. The molecule has 39 heavy (non-hydrogen) atoms. The summed E-state index contributed by atoms with van der Waals surface area (Å²) >= 11 is 0. The zero-order chi connectivity index (χ0) is 26.9. The Hall–Kier alpha value is -2.77. The number of hydrogen-bond acceptors (Lipinski definition) is 5. The lowest BCUT2D eigenvalue weighted by atomic mass is 9.86. The number of benzene rings is 1. The van der Waals surface area contributed by atoms with Crippen LogP contribution in [0.3, 0.4) is 0 Å². The lowest BCUT2D eigenvalue weighted by Crippen LogP contribution is -2.48. The van der Waals surface area contributed by atoms with Crippen LogP contribution in [0.4, 0.5) is 0 Å². The van der Waals surface area contributed by atoms with E-state index < -0.39 is 0 Å². The second kappa shape index (κ2) is 14.0. The third kappa shape index (κ3) is 7.67. The van der Waals surface area contributed by atoms with E-state index in [-0.39, 0.29) is 11.7 Å². The molecular weight excluding hydrogens is 484 g/mol. The Balaban J connectivity index is 1.12. The minimum atomic E-state index is -0.220. The first-order valence-corrected chi connectivity index (χ1v) is 15.3. The molecule has 0 atom stereocenters. The van der Waals surface area contributed by atoms with Gasteiger partial charge >= 0.3 is 0 Å². The van der Waals surface area contributed by atoms with Crippen molar-refractivity contribution in [2.45, 2.75) is 109 Å². The molecule has 0 spiro atoms. The number of imidazole rings is 2. The van der Waals surface area contributed by atoms with Gasteiger partial charge in [0.05, 0.1) is 0 Å². The number of rotatable bonds is 13. The lowest BCUT2D eigenvalue weighted by molar-refractivity contribution is 0.0746. The largest absolute Gasteiger partial charge is 0.349 e. The van der Waals surface area contributed by atoms with Crippen LogP contribution in [0.25, 0.3) is 0 Å². The highest BCUT2D eigenvalue weighted by Gasteiger charge is 2.30. The van der Waals surface area contributed by atoms with Crippen molar-refractivity contribution in [2.75, 3.05) is 6.54 Å². The molecule has 0 unspecified atom stereocenters. The van der Waals surface area contributed by atoms with Gasteiger partial charge in [0, 0.05) is 73.8 Å². The Bertz CT molecular complexity index is 1060. The molecule has 0 saturated heterocycles. The molecule has 0 aliphatic heterocycles. The molecule has 3 N–H and O–H groups in total. The van der Waals surface area contributed by atoms with E-state index in [9.17, 15) is 4.79 Å². The molecule has 2 fully saturated rings. The molecule has 5 rings (SSSR count). The van der Waals surface area contributed by atoms with Gasteiger partial charge in [0.25, 0.3) is 0 Å². The average Bonchev–Trinajstić information content (AvgIpc) is 3.70. The summed E-state index contributed by atoms with van der Waals surface area (Å²) in [7, 11) is 0. The van der Waals surface area contributed by atoms with E-state index >= 15 is 0 Å². The van der Waals surface area contributed by atoms with Crippen LogP contribution < -0.4 is 5.32 Å². The van der Waals surface area contributed by atoms with Crippen LogP contribution >= 0.6 is 0 Å². The number of ketones is 1. The summed E-state index contributed by atoms with van der Waals surface area (Å²) in [6.45, 7) is 4.45. The van der Waals surface area contributed by atoms with Gasteiger partial charge < -0.3 is 15.3 Å². The molecule has 2 aliphatic carbocycles. The summed E-state index contributed by atoms with van der Waals surface area (Å²) in [4.78, 5) is 31.3. The molecule has 7 nitrogen and oxygen atoms in total. The van der Waals surface area contributed by atoms with Gasteiger partial charge in [-0.25, -0.2) is 9.97 Å². The van der Waals surface area contributed by atoms with E-state index in [0.717, 1.165) is 35.8 Å². The standard InChI is InChI=1S/C32H46N6O/c1-2-20-38(28-6-4-3-5-7-28)29-14-12-27(13-15-29)37-23-24-8-10-25(11-9-24)32(39)26(21-30-33-16-17-34-30)22-31-35-18-19-36-31/h8-11,16-19,26-29,37H,2-7,12-15,20-23H2,1H3,(H,33,34)(H,35,36). The summed E-state index contributed by atoms with van der Waals surface area (Å²) in [5.41, 5.74) is 1.98. The quantitative estimate of drug-likeness (QED) is 0.241. The van der Waals surface area contributed by atoms with Crippen LogP contribution in [0, 0.1) is 5.92 Å². The van der Waals surface area contributed by atoms with E-state index in [2.05, 4.69) is 49.2 Å². The van der Waals surface area contributed by atoms with Crippen molar-refractivity contribution in [3.63, 3.8) is 0 Å². The predicted molar refractivity (Wildman–Crippen MR) is 156 cm³/mol. The van der Waals surface area contributed by atoms with Gasteiger partial charge in [-0.1, -0.05) is 50.5 Å². The zero-order valence-corrected chi connectivity index (χ0v) is 23.6.